The predicted octanol–water partition coefficient (Wildman–Crippen LogP) is 7.37. The molecule has 2 aromatic carbocycles. The zero-order valence-electron chi connectivity index (χ0n) is 35.1. The van der Waals surface area contributed by atoms with E-state index >= 15 is 9.59 Å². The number of carbonyl (C=O) groups excluding carboxylic acids is 3. The molecule has 13 heteroatoms. The van der Waals surface area contributed by atoms with Crippen LogP contribution in [-0.2, 0) is 32.4 Å². The lowest BCUT2D eigenvalue weighted by Crippen LogP contribution is -2.74. The molecule has 2 fully saturated rings. The number of fused-ring (bicyclic) bond motifs is 1. The Morgan fingerprint density at radius 2 is 1.35 bits per heavy atom. The van der Waals surface area contributed by atoms with Crippen molar-refractivity contribution < 1.29 is 32.4 Å². The molecule has 54 heavy (non-hydrogen) atoms. The van der Waals surface area contributed by atoms with Crippen LogP contribution in [0.1, 0.15) is 75.7 Å². The number of likely N-dealkylation sites (N-methyl/N-ethyl adjacent to an activating group) is 1. The van der Waals surface area contributed by atoms with Crippen LogP contribution >= 0.6 is 11.8 Å². The van der Waals surface area contributed by atoms with E-state index in [1.165, 1.54) is 16.7 Å². The summed E-state index contributed by atoms with van der Waals surface area (Å²) in [6.45, 7) is 26.1. The Morgan fingerprint density at radius 3 is 1.80 bits per heavy atom. The molecule has 0 bridgehead atoms. The summed E-state index contributed by atoms with van der Waals surface area (Å²) in [4.78, 5) is 45.4. The van der Waals surface area contributed by atoms with E-state index < -0.39 is 59.9 Å². The topological polar surface area (TPSA) is 94.6 Å². The standard InChI is InChI=1S/C41H66N2O7SSi3/c1-14-47-37(45)35-36(44)43-31(29-48-54(40(8,9)10,32-24-20-18-21-25-32)33-26-22-19-23-27-33)28-34(50-53(15-2,16-3)17-4)41(43,38(46)42(35)11)51-30-49-52(12,13)39(5,6)7/h18-27,31,34-35H,14-17,28-30H2,1-13H3/t31-,34+,35-,41-/m1/s1. The number of ether oxygens (including phenoxy) is 1. The number of rotatable bonds is 16. The van der Waals surface area contributed by atoms with Gasteiger partial charge in [0.25, 0.3) is 20.1 Å². The second-order valence-electron chi connectivity index (χ2n) is 17.4. The van der Waals surface area contributed by atoms with Gasteiger partial charge >= 0.3 is 5.97 Å². The molecule has 0 N–H and O–H groups in total. The largest absolute Gasteiger partial charge is 0.464 e. The van der Waals surface area contributed by atoms with E-state index in [0.717, 1.165) is 28.5 Å². The maximum atomic E-state index is 15.2. The van der Waals surface area contributed by atoms with Crippen LogP contribution in [0.3, 0.4) is 0 Å². The fourth-order valence-corrected chi connectivity index (χ4v) is 18.5. The third-order valence-corrected chi connectivity index (χ3v) is 28.0. The minimum atomic E-state index is -3.05. The average Bonchev–Trinajstić information content (AvgIpc) is 3.43. The molecule has 2 heterocycles. The molecule has 2 aromatic rings. The van der Waals surface area contributed by atoms with Crippen molar-refractivity contribution in [2.75, 3.05) is 26.2 Å². The highest BCUT2D eigenvalue weighted by Crippen LogP contribution is 2.51. The molecule has 2 amide bonds. The Kier molecular flexibility index (Phi) is 14.1. The highest BCUT2D eigenvalue weighted by atomic mass is 32.2. The zero-order valence-corrected chi connectivity index (χ0v) is 38.9. The molecular weight excluding hydrogens is 749 g/mol. The highest BCUT2D eigenvalue weighted by Gasteiger charge is 2.69. The Hall–Kier alpha value is -2.27. The highest BCUT2D eigenvalue weighted by molar-refractivity contribution is 8.01. The quantitative estimate of drug-likeness (QED) is 0.0752. The van der Waals surface area contributed by atoms with E-state index in [4.69, 9.17) is 18.0 Å². The molecule has 9 nitrogen and oxygen atoms in total. The van der Waals surface area contributed by atoms with Crippen LogP contribution in [0, 0.1) is 0 Å². The van der Waals surface area contributed by atoms with E-state index in [-0.39, 0.29) is 35.1 Å². The lowest BCUT2D eigenvalue weighted by molar-refractivity contribution is -0.174. The maximum Gasteiger partial charge on any atom is 0.338 e. The third kappa shape index (κ3) is 8.10. The van der Waals surface area contributed by atoms with E-state index in [9.17, 15) is 4.79 Å². The van der Waals surface area contributed by atoms with E-state index in [1.54, 1.807) is 18.9 Å². The van der Waals surface area contributed by atoms with Crippen LogP contribution in [-0.4, -0.2) is 102 Å². The Labute approximate surface area is 332 Å². The monoisotopic (exact) mass is 814 g/mol. The molecule has 0 radical (unpaired) electrons. The second-order valence-corrected chi connectivity index (χ2v) is 32.3. The molecule has 0 spiro atoms. The Morgan fingerprint density at radius 1 is 0.833 bits per heavy atom. The average molecular weight is 815 g/mol. The first-order valence-corrected chi connectivity index (χ1v) is 28.0. The smallest absolute Gasteiger partial charge is 0.338 e. The first-order chi connectivity index (χ1) is 25.2. The number of hydrogen-bond donors (Lipinski definition) is 0. The molecule has 4 rings (SSSR count). The number of piperazine rings is 1. The first kappa shape index (κ1) is 44.4. The number of carbonyl (C=O) groups is 3. The lowest BCUT2D eigenvalue weighted by Gasteiger charge is -2.51. The zero-order chi connectivity index (χ0) is 40.3. The molecule has 300 valence electrons. The molecule has 2 aliphatic heterocycles. The summed E-state index contributed by atoms with van der Waals surface area (Å²) in [5.41, 5.74) is 0. The van der Waals surface area contributed by atoms with Crippen LogP contribution in [0.15, 0.2) is 60.7 Å². The van der Waals surface area contributed by atoms with Crippen molar-refractivity contribution in [2.45, 2.75) is 140 Å². The van der Waals surface area contributed by atoms with Crippen LogP contribution < -0.4 is 10.4 Å². The van der Waals surface area contributed by atoms with Gasteiger partial charge in [-0.1, -0.05) is 135 Å². The summed E-state index contributed by atoms with van der Waals surface area (Å²) >= 11 is 1.34. The molecule has 0 aromatic heterocycles. The molecule has 2 aliphatic rings. The molecule has 2 saturated heterocycles. The molecule has 0 aliphatic carbocycles. The fraction of sp³-hybridized carbons (Fsp3) is 0.634. The van der Waals surface area contributed by atoms with Crippen molar-refractivity contribution >= 4 is 64.9 Å². The van der Waals surface area contributed by atoms with Crippen molar-refractivity contribution in [3.05, 3.63) is 60.7 Å². The lowest BCUT2D eigenvalue weighted by atomic mass is 10.0. The van der Waals surface area contributed by atoms with Gasteiger partial charge in [-0.3, -0.25) is 9.59 Å². The van der Waals surface area contributed by atoms with Gasteiger partial charge in [0, 0.05) is 7.05 Å². The predicted molar refractivity (Wildman–Crippen MR) is 228 cm³/mol. The van der Waals surface area contributed by atoms with Gasteiger partial charge in [0.05, 0.1) is 31.3 Å². The van der Waals surface area contributed by atoms with Crippen LogP contribution in [0.5, 0.6) is 0 Å². The van der Waals surface area contributed by atoms with Gasteiger partial charge in [-0.2, -0.15) is 0 Å². The number of nitrogens with zero attached hydrogens (tertiary/aromatic N) is 2. The van der Waals surface area contributed by atoms with Gasteiger partial charge in [0.15, 0.2) is 21.5 Å². The minimum absolute atomic E-state index is 0.0600. The number of amides is 2. The van der Waals surface area contributed by atoms with Crippen molar-refractivity contribution in [3.8, 4) is 0 Å². The first-order valence-electron chi connectivity index (χ1n) is 19.7. The van der Waals surface area contributed by atoms with Crippen molar-refractivity contribution in [1.82, 2.24) is 9.80 Å². The summed E-state index contributed by atoms with van der Waals surface area (Å²) in [7, 11) is -6.09. The van der Waals surface area contributed by atoms with Crippen LogP contribution in [0.2, 0.25) is 41.3 Å². The molecule has 0 saturated carbocycles. The molecular formula is C41H66N2O7SSi3. The third-order valence-electron chi connectivity index (χ3n) is 12.4. The van der Waals surface area contributed by atoms with Gasteiger partial charge in [-0.05, 0) is 65.0 Å². The molecule has 0 unspecified atom stereocenters. The summed E-state index contributed by atoms with van der Waals surface area (Å²) in [6.07, 6.45) is -0.243. The molecule has 4 atom stereocenters. The summed E-state index contributed by atoms with van der Waals surface area (Å²) < 4.78 is 27.0. The summed E-state index contributed by atoms with van der Waals surface area (Å²) in [6, 6.07) is 21.5. The maximum absolute atomic E-state index is 15.2. The minimum Gasteiger partial charge on any atom is -0.464 e. The number of benzene rings is 2. The fourth-order valence-electron chi connectivity index (χ4n) is 7.93. The van der Waals surface area contributed by atoms with Gasteiger partial charge in [0.1, 0.15) is 0 Å². The summed E-state index contributed by atoms with van der Waals surface area (Å²) in [5, 5.41) is 1.88. The number of esters is 1. The summed E-state index contributed by atoms with van der Waals surface area (Å²) in [5.74, 6) is -1.34. The van der Waals surface area contributed by atoms with Crippen molar-refractivity contribution in [1.29, 1.82) is 0 Å². The SMILES string of the molecule is CCOC(=O)[C@H]1C(=O)N2[C@@H](CO[Si](c3ccccc3)(c3ccccc3)C(C)(C)C)C[C@H](O[Si](CC)(CC)CC)[C@@]2(SCO[Si](C)(C)C(C)(C)C)C(=O)N1C. The van der Waals surface area contributed by atoms with Gasteiger partial charge in [-0.15, -0.1) is 0 Å². The van der Waals surface area contributed by atoms with Gasteiger partial charge in [-0.25, -0.2) is 4.79 Å². The van der Waals surface area contributed by atoms with Crippen LogP contribution in [0.25, 0.3) is 0 Å². The van der Waals surface area contributed by atoms with E-state index in [2.05, 4.69) is 124 Å². The number of hydrogen-bond acceptors (Lipinski definition) is 8. The van der Waals surface area contributed by atoms with E-state index in [1.807, 2.05) is 12.1 Å². The second kappa shape index (κ2) is 17.1. The van der Waals surface area contributed by atoms with E-state index in [0.29, 0.717) is 6.42 Å². The van der Waals surface area contributed by atoms with Crippen molar-refractivity contribution in [3.63, 3.8) is 0 Å². The normalized spacial score (nSPS) is 22.8. The van der Waals surface area contributed by atoms with Crippen molar-refractivity contribution in [2.24, 2.45) is 0 Å². The Balaban J connectivity index is 1.93. The van der Waals surface area contributed by atoms with Gasteiger partial charge in [0.2, 0.25) is 6.04 Å². The number of thioether (sulfide) groups is 1. The van der Waals surface area contributed by atoms with Crippen LogP contribution in [0.4, 0.5) is 0 Å². The Bertz CT molecular complexity index is 1550. The van der Waals surface area contributed by atoms with Gasteiger partial charge < -0.3 is 27.8 Å².